The highest BCUT2D eigenvalue weighted by Crippen LogP contribution is 2.39. The van der Waals surface area contributed by atoms with Crippen LogP contribution >= 0.6 is 62.1 Å². The van der Waals surface area contributed by atoms with Gasteiger partial charge in [-0.25, -0.2) is 0 Å². The molecule has 1 aromatic heterocycles. The van der Waals surface area contributed by atoms with E-state index < -0.39 is 6.10 Å². The minimum atomic E-state index is -0.821. The molecule has 90 valence electrons. The molecule has 1 heterocycles. The lowest BCUT2D eigenvalue weighted by molar-refractivity contribution is 0.220. The fraction of sp³-hybridized carbons (Fsp3) is 0.0909. The summed E-state index contributed by atoms with van der Waals surface area (Å²) in [5.74, 6) is 0. The van der Waals surface area contributed by atoms with Crippen molar-refractivity contribution in [3.05, 3.63) is 53.6 Å². The van der Waals surface area contributed by atoms with Gasteiger partial charge in [-0.1, -0.05) is 56.8 Å². The molecule has 0 amide bonds. The Bertz CT molecular complexity index is 556. The monoisotopic (exact) mass is 370 g/mol. The van der Waals surface area contributed by atoms with Crippen molar-refractivity contribution in [1.29, 1.82) is 0 Å². The van der Waals surface area contributed by atoms with E-state index in [4.69, 9.17) is 34.8 Å². The molecule has 0 aliphatic rings. The van der Waals surface area contributed by atoms with Crippen molar-refractivity contribution in [2.45, 2.75) is 6.10 Å². The molecule has 0 radical (unpaired) electrons. The largest absolute Gasteiger partial charge is 0.384 e. The van der Waals surface area contributed by atoms with Crippen LogP contribution in [-0.2, 0) is 0 Å². The molecule has 0 aliphatic heterocycles. The SMILES string of the molecule is OC(c1ccc(Cl)cc1Br)c1cc(Cl)sc1Cl. The second kappa shape index (κ2) is 5.47. The van der Waals surface area contributed by atoms with Crippen molar-refractivity contribution in [2.75, 3.05) is 0 Å². The summed E-state index contributed by atoms with van der Waals surface area (Å²) >= 11 is 22.3. The van der Waals surface area contributed by atoms with E-state index in [-0.39, 0.29) is 0 Å². The molecule has 0 fully saturated rings. The van der Waals surface area contributed by atoms with Crippen LogP contribution in [-0.4, -0.2) is 5.11 Å². The van der Waals surface area contributed by atoms with Gasteiger partial charge in [0.25, 0.3) is 0 Å². The first-order valence-electron chi connectivity index (χ1n) is 4.57. The molecule has 1 nitrogen and oxygen atoms in total. The fourth-order valence-electron chi connectivity index (χ4n) is 1.43. The average Bonchev–Trinajstić information content (AvgIpc) is 2.57. The van der Waals surface area contributed by atoms with Gasteiger partial charge in [-0.15, -0.1) is 11.3 Å². The molecule has 0 bridgehead atoms. The van der Waals surface area contributed by atoms with Crippen LogP contribution in [0.3, 0.4) is 0 Å². The molecule has 1 atom stereocenters. The molecular weight excluding hydrogens is 366 g/mol. The molecule has 0 aliphatic carbocycles. The fourth-order valence-corrected chi connectivity index (χ4v) is 3.85. The van der Waals surface area contributed by atoms with Crippen LogP contribution in [0.2, 0.25) is 13.7 Å². The third-order valence-corrected chi connectivity index (χ3v) is 4.67. The quantitative estimate of drug-likeness (QED) is 0.732. The third kappa shape index (κ3) is 2.98. The van der Waals surface area contributed by atoms with Crippen LogP contribution in [0.25, 0.3) is 0 Å². The Labute approximate surface area is 126 Å². The van der Waals surface area contributed by atoms with Crippen molar-refractivity contribution < 1.29 is 5.11 Å². The minimum absolute atomic E-state index is 0.490. The summed E-state index contributed by atoms with van der Waals surface area (Å²) in [7, 11) is 0. The zero-order chi connectivity index (χ0) is 12.6. The number of rotatable bonds is 2. The van der Waals surface area contributed by atoms with Gasteiger partial charge in [0.05, 0.1) is 4.34 Å². The first-order valence-corrected chi connectivity index (χ1v) is 7.31. The highest BCUT2D eigenvalue weighted by Gasteiger charge is 2.19. The van der Waals surface area contributed by atoms with Gasteiger partial charge in [0.15, 0.2) is 0 Å². The lowest BCUT2D eigenvalue weighted by atomic mass is 10.0. The predicted octanol–water partition coefficient (Wildman–Crippen LogP) is 5.55. The van der Waals surface area contributed by atoms with Crippen LogP contribution in [0.15, 0.2) is 28.7 Å². The number of aliphatic hydroxyl groups excluding tert-OH is 1. The number of benzene rings is 1. The van der Waals surface area contributed by atoms with E-state index in [2.05, 4.69) is 15.9 Å². The van der Waals surface area contributed by atoms with E-state index in [9.17, 15) is 5.11 Å². The van der Waals surface area contributed by atoms with Gasteiger partial charge >= 0.3 is 0 Å². The Morgan fingerprint density at radius 3 is 2.35 bits per heavy atom. The van der Waals surface area contributed by atoms with E-state index in [1.807, 2.05) is 0 Å². The first kappa shape index (κ1) is 13.7. The Kier molecular flexibility index (Phi) is 4.40. The Morgan fingerprint density at radius 1 is 1.12 bits per heavy atom. The highest BCUT2D eigenvalue weighted by atomic mass is 79.9. The molecule has 6 heteroatoms. The van der Waals surface area contributed by atoms with Gasteiger partial charge in [-0.05, 0) is 23.8 Å². The molecule has 2 aromatic rings. The van der Waals surface area contributed by atoms with E-state index >= 15 is 0 Å². The molecule has 1 N–H and O–H groups in total. The summed E-state index contributed by atoms with van der Waals surface area (Å²) in [5, 5.41) is 10.8. The molecule has 0 spiro atoms. The summed E-state index contributed by atoms with van der Waals surface area (Å²) in [5.41, 5.74) is 1.30. The average molecular weight is 372 g/mol. The predicted molar refractivity (Wildman–Crippen MR) is 77.6 cm³/mol. The van der Waals surface area contributed by atoms with E-state index in [1.54, 1.807) is 24.3 Å². The molecule has 17 heavy (non-hydrogen) atoms. The van der Waals surface area contributed by atoms with Gasteiger partial charge in [0.2, 0.25) is 0 Å². The number of thiophene rings is 1. The molecule has 1 aromatic carbocycles. The highest BCUT2D eigenvalue weighted by molar-refractivity contribution is 9.10. The van der Waals surface area contributed by atoms with Crippen molar-refractivity contribution in [3.8, 4) is 0 Å². The summed E-state index contributed by atoms with van der Waals surface area (Å²) in [6.45, 7) is 0. The van der Waals surface area contributed by atoms with Crippen molar-refractivity contribution in [3.63, 3.8) is 0 Å². The number of hydrogen-bond donors (Lipinski definition) is 1. The van der Waals surface area contributed by atoms with E-state index in [0.717, 1.165) is 4.47 Å². The standard InChI is InChI=1S/C11H6BrCl3OS/c12-8-3-5(13)1-2-6(8)10(16)7-4-9(14)17-11(7)15/h1-4,10,16H. The smallest absolute Gasteiger partial charge is 0.107 e. The zero-order valence-electron chi connectivity index (χ0n) is 8.25. The molecular formula is C11H6BrCl3OS. The van der Waals surface area contributed by atoms with Crippen molar-refractivity contribution in [2.24, 2.45) is 0 Å². The van der Waals surface area contributed by atoms with Gasteiger partial charge in [0, 0.05) is 15.1 Å². The Hall–Kier alpha value is 0.230. The number of aliphatic hydroxyl groups is 1. The number of halogens is 4. The molecule has 2 rings (SSSR count). The normalized spacial score (nSPS) is 12.8. The van der Waals surface area contributed by atoms with Crippen LogP contribution in [0.1, 0.15) is 17.2 Å². The maximum atomic E-state index is 10.2. The van der Waals surface area contributed by atoms with Crippen LogP contribution in [0.5, 0.6) is 0 Å². The summed E-state index contributed by atoms with van der Waals surface area (Å²) in [6, 6.07) is 6.86. The lowest BCUT2D eigenvalue weighted by Gasteiger charge is -2.12. The van der Waals surface area contributed by atoms with Crippen molar-refractivity contribution in [1.82, 2.24) is 0 Å². The maximum Gasteiger partial charge on any atom is 0.107 e. The van der Waals surface area contributed by atoms with Gasteiger partial charge < -0.3 is 5.11 Å². The van der Waals surface area contributed by atoms with Gasteiger partial charge in [0.1, 0.15) is 10.4 Å². The summed E-state index contributed by atoms with van der Waals surface area (Å²) in [4.78, 5) is 0. The van der Waals surface area contributed by atoms with Crippen LogP contribution < -0.4 is 0 Å². The molecule has 0 saturated heterocycles. The zero-order valence-corrected chi connectivity index (χ0v) is 12.9. The second-order valence-corrected chi connectivity index (χ2v) is 6.92. The lowest BCUT2D eigenvalue weighted by Crippen LogP contribution is -1.99. The second-order valence-electron chi connectivity index (χ2n) is 3.35. The van der Waals surface area contributed by atoms with E-state index in [1.165, 1.54) is 11.3 Å². The molecule has 0 saturated carbocycles. The minimum Gasteiger partial charge on any atom is -0.384 e. The Morgan fingerprint density at radius 2 is 1.82 bits per heavy atom. The van der Waals surface area contributed by atoms with Gasteiger partial charge in [-0.2, -0.15) is 0 Å². The van der Waals surface area contributed by atoms with E-state index in [0.29, 0.717) is 24.8 Å². The Balaban J connectivity index is 2.43. The number of hydrogen-bond acceptors (Lipinski definition) is 2. The molecule has 1 unspecified atom stereocenters. The van der Waals surface area contributed by atoms with Crippen LogP contribution in [0, 0.1) is 0 Å². The third-order valence-electron chi connectivity index (χ3n) is 2.23. The summed E-state index contributed by atoms with van der Waals surface area (Å²) in [6.07, 6.45) is -0.821. The van der Waals surface area contributed by atoms with Crippen molar-refractivity contribution >= 4 is 62.1 Å². The maximum absolute atomic E-state index is 10.2. The topological polar surface area (TPSA) is 20.2 Å². The summed E-state index contributed by atoms with van der Waals surface area (Å²) < 4.78 is 1.77. The van der Waals surface area contributed by atoms with Crippen LogP contribution in [0.4, 0.5) is 0 Å². The van der Waals surface area contributed by atoms with Gasteiger partial charge in [-0.3, -0.25) is 0 Å². The first-order chi connectivity index (χ1) is 7.99.